The highest BCUT2D eigenvalue weighted by Gasteiger charge is 2.10. The van der Waals surface area contributed by atoms with E-state index in [0.29, 0.717) is 6.10 Å². The monoisotopic (exact) mass is 323 g/mol. The molecule has 6 heteroatoms. The molecule has 0 aromatic heterocycles. The Balaban J connectivity index is 3.28. The van der Waals surface area contributed by atoms with Crippen LogP contribution in [-0.2, 0) is 18.3 Å². The van der Waals surface area contributed by atoms with Gasteiger partial charge < -0.3 is 18.7 Å². The van der Waals surface area contributed by atoms with Gasteiger partial charge in [0.25, 0.3) is 7.82 Å². The molecule has 0 aromatic rings. The Labute approximate surface area is 130 Å². The maximum absolute atomic E-state index is 11.3. The molecular weight excluding hydrogens is 291 g/mol. The van der Waals surface area contributed by atoms with Crippen molar-refractivity contribution >= 4 is 7.82 Å². The average molecular weight is 323 g/mol. The van der Waals surface area contributed by atoms with E-state index in [-0.39, 0.29) is 12.7 Å². The Bertz CT molecular complexity index is 281. The van der Waals surface area contributed by atoms with Crippen LogP contribution in [0.5, 0.6) is 0 Å². The first-order chi connectivity index (χ1) is 9.83. The van der Waals surface area contributed by atoms with Crippen LogP contribution in [0.3, 0.4) is 0 Å². The lowest BCUT2D eigenvalue weighted by Crippen LogP contribution is -2.13. The lowest BCUT2D eigenvalue weighted by Gasteiger charge is -2.24. The summed E-state index contributed by atoms with van der Waals surface area (Å²) < 4.78 is 26.3. The lowest BCUT2D eigenvalue weighted by atomic mass is 10.1. The molecule has 128 valence electrons. The van der Waals surface area contributed by atoms with Crippen LogP contribution in [0.4, 0.5) is 0 Å². The highest BCUT2D eigenvalue weighted by molar-refractivity contribution is 7.45. The molecule has 0 saturated carbocycles. The number of hydrogen-bond acceptors (Lipinski definition) is 5. The maximum atomic E-state index is 11.3. The first-order valence-corrected chi connectivity index (χ1v) is 9.55. The highest BCUT2D eigenvalue weighted by atomic mass is 31.2. The second kappa shape index (κ2) is 12.6. The topological polar surface area (TPSA) is 67.8 Å². The van der Waals surface area contributed by atoms with E-state index in [0.717, 1.165) is 32.3 Å². The third-order valence-electron chi connectivity index (χ3n) is 2.83. The SMILES string of the molecule is CC(C)OCCCCCCCCCOP(=O)([O-])OC(C)C. The minimum absolute atomic E-state index is 0.218. The summed E-state index contributed by atoms with van der Waals surface area (Å²) in [6.07, 6.45) is 7.51. The number of hydrogen-bond donors (Lipinski definition) is 0. The second-order valence-electron chi connectivity index (χ2n) is 5.83. The van der Waals surface area contributed by atoms with Gasteiger partial charge >= 0.3 is 0 Å². The Kier molecular flexibility index (Phi) is 12.6. The van der Waals surface area contributed by atoms with E-state index in [4.69, 9.17) is 13.8 Å². The van der Waals surface area contributed by atoms with Gasteiger partial charge in [0.2, 0.25) is 0 Å². The van der Waals surface area contributed by atoms with E-state index >= 15 is 0 Å². The van der Waals surface area contributed by atoms with Crippen molar-refractivity contribution in [3.05, 3.63) is 0 Å². The summed E-state index contributed by atoms with van der Waals surface area (Å²) in [5, 5.41) is 0. The van der Waals surface area contributed by atoms with Crippen LogP contribution < -0.4 is 4.89 Å². The molecule has 0 aliphatic heterocycles. The summed E-state index contributed by atoms with van der Waals surface area (Å²) in [5.41, 5.74) is 0. The zero-order valence-electron chi connectivity index (χ0n) is 14.0. The normalized spacial score (nSPS) is 14.8. The molecule has 5 nitrogen and oxygen atoms in total. The molecule has 0 fully saturated rings. The van der Waals surface area contributed by atoms with Crippen LogP contribution in [0.2, 0.25) is 0 Å². The van der Waals surface area contributed by atoms with Gasteiger partial charge in [-0.3, -0.25) is 4.57 Å². The fourth-order valence-electron chi connectivity index (χ4n) is 1.87. The number of rotatable bonds is 14. The third kappa shape index (κ3) is 16.3. The molecule has 0 aliphatic rings. The molecule has 0 bridgehead atoms. The van der Waals surface area contributed by atoms with Crippen molar-refractivity contribution < 1.29 is 23.2 Å². The van der Waals surface area contributed by atoms with Gasteiger partial charge in [-0.25, -0.2) is 0 Å². The van der Waals surface area contributed by atoms with Gasteiger partial charge in [-0.15, -0.1) is 0 Å². The molecule has 0 rings (SSSR count). The van der Waals surface area contributed by atoms with E-state index in [1.54, 1.807) is 13.8 Å². The molecule has 0 amide bonds. The summed E-state index contributed by atoms with van der Waals surface area (Å²) in [6.45, 7) is 8.50. The number of phosphoric ester groups is 1. The van der Waals surface area contributed by atoms with Crippen molar-refractivity contribution in [1.82, 2.24) is 0 Å². The minimum Gasteiger partial charge on any atom is -0.756 e. The van der Waals surface area contributed by atoms with Gasteiger partial charge in [-0.05, 0) is 40.5 Å². The number of unbranched alkanes of at least 4 members (excludes halogenated alkanes) is 6. The van der Waals surface area contributed by atoms with Crippen molar-refractivity contribution in [2.24, 2.45) is 0 Å². The van der Waals surface area contributed by atoms with Gasteiger partial charge in [-0.1, -0.05) is 32.1 Å². The summed E-state index contributed by atoms with van der Waals surface area (Å²) in [7, 11) is -4.09. The van der Waals surface area contributed by atoms with E-state index in [9.17, 15) is 9.46 Å². The van der Waals surface area contributed by atoms with Gasteiger partial charge in [0.05, 0.1) is 18.8 Å². The van der Waals surface area contributed by atoms with Crippen LogP contribution >= 0.6 is 7.82 Å². The van der Waals surface area contributed by atoms with Crippen molar-refractivity contribution in [3.63, 3.8) is 0 Å². The van der Waals surface area contributed by atoms with E-state index < -0.39 is 7.82 Å². The fourth-order valence-corrected chi connectivity index (χ4v) is 2.80. The molecule has 0 N–H and O–H groups in total. The van der Waals surface area contributed by atoms with Crippen LogP contribution in [-0.4, -0.2) is 25.4 Å². The second-order valence-corrected chi connectivity index (χ2v) is 7.19. The molecule has 1 atom stereocenters. The summed E-state index contributed by atoms with van der Waals surface area (Å²) in [6, 6.07) is 0. The predicted octanol–water partition coefficient (Wildman–Crippen LogP) is 4.05. The van der Waals surface area contributed by atoms with E-state index in [2.05, 4.69) is 13.8 Å². The van der Waals surface area contributed by atoms with E-state index in [1.807, 2.05) is 0 Å². The number of ether oxygens (including phenoxy) is 1. The zero-order valence-corrected chi connectivity index (χ0v) is 14.9. The highest BCUT2D eigenvalue weighted by Crippen LogP contribution is 2.39. The van der Waals surface area contributed by atoms with Gasteiger partial charge in [0.15, 0.2) is 0 Å². The molecule has 0 saturated heterocycles. The summed E-state index contributed by atoms with van der Waals surface area (Å²) >= 11 is 0. The molecule has 21 heavy (non-hydrogen) atoms. The molecule has 1 unspecified atom stereocenters. The molecule has 0 radical (unpaired) electrons. The third-order valence-corrected chi connectivity index (χ3v) is 4.01. The fraction of sp³-hybridized carbons (Fsp3) is 1.00. The van der Waals surface area contributed by atoms with Crippen molar-refractivity contribution in [1.29, 1.82) is 0 Å². The van der Waals surface area contributed by atoms with Gasteiger partial charge in [-0.2, -0.15) is 0 Å². The Hall–Kier alpha value is 0.0700. The smallest absolute Gasteiger partial charge is 0.268 e. The molecule has 0 aliphatic carbocycles. The lowest BCUT2D eigenvalue weighted by molar-refractivity contribution is -0.228. The standard InChI is InChI=1S/C15H33O5P/c1-14(2)18-12-10-8-6-5-7-9-11-13-19-21(16,17)20-15(3)4/h14-15H,5-13H2,1-4H3,(H,16,17)/p-1. The largest absolute Gasteiger partial charge is 0.756 e. The van der Waals surface area contributed by atoms with Crippen molar-refractivity contribution in [3.8, 4) is 0 Å². The minimum atomic E-state index is -4.09. The Morgan fingerprint density at radius 1 is 0.810 bits per heavy atom. The quantitative estimate of drug-likeness (QED) is 0.356. The number of phosphoric acid groups is 1. The summed E-state index contributed by atoms with van der Waals surface area (Å²) in [5.74, 6) is 0. The Morgan fingerprint density at radius 3 is 1.76 bits per heavy atom. The van der Waals surface area contributed by atoms with Crippen LogP contribution in [0.1, 0.15) is 72.6 Å². The molecule has 0 aromatic carbocycles. The van der Waals surface area contributed by atoms with Crippen LogP contribution in [0.15, 0.2) is 0 Å². The average Bonchev–Trinajstić information content (AvgIpc) is 2.33. The molecular formula is C15H32O5P-. The van der Waals surface area contributed by atoms with Crippen molar-refractivity contribution in [2.75, 3.05) is 13.2 Å². The van der Waals surface area contributed by atoms with Gasteiger partial charge in [0, 0.05) is 6.61 Å². The first kappa shape index (κ1) is 21.1. The predicted molar refractivity (Wildman–Crippen MR) is 83.2 cm³/mol. The van der Waals surface area contributed by atoms with Crippen molar-refractivity contribution in [2.45, 2.75) is 84.8 Å². The van der Waals surface area contributed by atoms with E-state index in [1.165, 1.54) is 19.3 Å². The Morgan fingerprint density at radius 2 is 1.29 bits per heavy atom. The summed E-state index contributed by atoms with van der Waals surface area (Å²) in [4.78, 5) is 11.3. The molecule has 0 spiro atoms. The maximum Gasteiger partial charge on any atom is 0.268 e. The molecule has 0 heterocycles. The zero-order chi connectivity index (χ0) is 16.1. The first-order valence-electron chi connectivity index (χ1n) is 8.09. The van der Waals surface area contributed by atoms with Gasteiger partial charge in [0.1, 0.15) is 0 Å². The van der Waals surface area contributed by atoms with Crippen LogP contribution in [0, 0.1) is 0 Å². The van der Waals surface area contributed by atoms with Crippen LogP contribution in [0.25, 0.3) is 0 Å².